The fraction of sp³-hybridized carbons (Fsp3) is 0.750. The zero-order valence-corrected chi connectivity index (χ0v) is 4.84. The Kier molecular flexibility index (Phi) is 3.14. The average Bonchev–Trinajstić information content (AvgIpc) is 1.67. The van der Waals surface area contributed by atoms with Crippen molar-refractivity contribution in [2.75, 3.05) is 7.05 Å². The third-order valence-electron chi connectivity index (χ3n) is 0.642. The molecule has 0 saturated carbocycles. The van der Waals surface area contributed by atoms with Crippen molar-refractivity contribution in [1.29, 1.82) is 0 Å². The topological polar surface area (TPSA) is 58.6 Å². The Hall–Kier alpha value is -0.610. The zero-order chi connectivity index (χ0) is 6.57. The van der Waals surface area contributed by atoms with Crippen LogP contribution >= 0.6 is 0 Å². The predicted molar refractivity (Wildman–Crippen MR) is 27.2 cm³/mol. The van der Waals surface area contributed by atoms with E-state index < -0.39 is 12.1 Å². The van der Waals surface area contributed by atoms with E-state index in [1.165, 1.54) is 14.0 Å². The molecule has 0 amide bonds. The Morgan fingerprint density at radius 3 is 2.50 bits per heavy atom. The maximum atomic E-state index is 9.92. The van der Waals surface area contributed by atoms with E-state index in [0.29, 0.717) is 0 Å². The second kappa shape index (κ2) is 3.40. The van der Waals surface area contributed by atoms with Crippen molar-refractivity contribution in [3.8, 4) is 0 Å². The number of hydroxylamine groups is 1. The molecular weight excluding hydrogens is 110 g/mol. The minimum absolute atomic E-state index is 0.778. The molecule has 0 aliphatic rings. The van der Waals surface area contributed by atoms with E-state index in [4.69, 9.17) is 5.11 Å². The van der Waals surface area contributed by atoms with Gasteiger partial charge in [-0.15, -0.1) is 0 Å². The van der Waals surface area contributed by atoms with E-state index in [1.807, 2.05) is 0 Å². The fourth-order valence-corrected chi connectivity index (χ4v) is 0.227. The smallest absolute Gasteiger partial charge is 0.334 e. The van der Waals surface area contributed by atoms with Crippen LogP contribution in [0.4, 0.5) is 0 Å². The van der Waals surface area contributed by atoms with E-state index in [0.717, 1.165) is 0 Å². The van der Waals surface area contributed by atoms with Gasteiger partial charge in [0.15, 0.2) is 6.10 Å². The first kappa shape index (κ1) is 7.39. The molecule has 0 aromatic rings. The minimum atomic E-state index is -0.973. The lowest BCUT2D eigenvalue weighted by molar-refractivity contribution is -0.153. The van der Waals surface area contributed by atoms with Gasteiger partial charge in [0.1, 0.15) is 0 Å². The number of nitrogens with one attached hydrogen (secondary N) is 1. The molecule has 0 aliphatic heterocycles. The summed E-state index contributed by atoms with van der Waals surface area (Å²) < 4.78 is 0. The van der Waals surface area contributed by atoms with Gasteiger partial charge in [0.25, 0.3) is 0 Å². The van der Waals surface area contributed by atoms with Gasteiger partial charge in [-0.25, -0.2) is 10.3 Å². The molecule has 8 heavy (non-hydrogen) atoms. The summed E-state index contributed by atoms with van der Waals surface area (Å²) >= 11 is 0. The summed E-state index contributed by atoms with van der Waals surface area (Å²) in [5, 5.41) is 8.15. The Balaban J connectivity index is 3.32. The maximum absolute atomic E-state index is 9.92. The Morgan fingerprint density at radius 1 is 1.88 bits per heavy atom. The number of carboxylic acid groups (broad SMARTS) is 1. The number of rotatable bonds is 3. The van der Waals surface area contributed by atoms with Crippen LogP contribution in [-0.2, 0) is 9.63 Å². The summed E-state index contributed by atoms with van der Waals surface area (Å²) in [4.78, 5) is 14.4. The highest BCUT2D eigenvalue weighted by molar-refractivity contribution is 5.71. The molecule has 0 aromatic carbocycles. The molecule has 1 unspecified atom stereocenters. The van der Waals surface area contributed by atoms with E-state index in [-0.39, 0.29) is 0 Å². The Bertz CT molecular complexity index is 83.4. The van der Waals surface area contributed by atoms with Crippen LogP contribution in [0, 0.1) is 0 Å². The summed E-state index contributed by atoms with van der Waals surface area (Å²) in [5.41, 5.74) is 2.27. The van der Waals surface area contributed by atoms with E-state index in [9.17, 15) is 4.79 Å². The van der Waals surface area contributed by atoms with Crippen LogP contribution in [-0.4, -0.2) is 24.2 Å². The van der Waals surface area contributed by atoms with Gasteiger partial charge < -0.3 is 5.11 Å². The molecule has 0 aliphatic carbocycles. The predicted octanol–water partition coefficient (Wildman–Crippen LogP) is -0.390. The molecule has 0 saturated heterocycles. The van der Waals surface area contributed by atoms with Gasteiger partial charge in [0.05, 0.1) is 0 Å². The molecule has 0 radical (unpaired) electrons. The summed E-state index contributed by atoms with van der Waals surface area (Å²) in [7, 11) is 1.51. The molecule has 0 bridgehead atoms. The van der Waals surface area contributed by atoms with Crippen molar-refractivity contribution in [1.82, 2.24) is 5.48 Å². The van der Waals surface area contributed by atoms with Crippen molar-refractivity contribution in [2.45, 2.75) is 13.0 Å². The monoisotopic (exact) mass is 119 g/mol. The van der Waals surface area contributed by atoms with E-state index in [1.54, 1.807) is 0 Å². The molecule has 4 heteroatoms. The zero-order valence-electron chi connectivity index (χ0n) is 4.84. The standard InChI is InChI=1S/C4H9NO3/c1-3(4(6)7)8-5-2/h3,5H,1-2H3,(H,6,7). The van der Waals surface area contributed by atoms with E-state index in [2.05, 4.69) is 10.3 Å². The summed E-state index contributed by atoms with van der Waals surface area (Å²) in [5.74, 6) is -0.973. The van der Waals surface area contributed by atoms with Gasteiger partial charge in [-0.1, -0.05) is 0 Å². The highest BCUT2D eigenvalue weighted by atomic mass is 16.7. The van der Waals surface area contributed by atoms with Crippen LogP contribution in [0.3, 0.4) is 0 Å². The van der Waals surface area contributed by atoms with Gasteiger partial charge >= 0.3 is 5.97 Å². The number of aliphatic carboxylic acids is 1. The number of hydrogen-bond donors (Lipinski definition) is 2. The molecule has 4 nitrogen and oxygen atoms in total. The number of carbonyl (C=O) groups is 1. The van der Waals surface area contributed by atoms with E-state index >= 15 is 0 Å². The molecule has 0 fully saturated rings. The van der Waals surface area contributed by atoms with Gasteiger partial charge in [-0.2, -0.15) is 0 Å². The van der Waals surface area contributed by atoms with Crippen LogP contribution < -0.4 is 5.48 Å². The van der Waals surface area contributed by atoms with Crippen LogP contribution in [0.25, 0.3) is 0 Å². The van der Waals surface area contributed by atoms with Gasteiger partial charge in [-0.05, 0) is 6.92 Å². The molecular formula is C4H9NO3. The summed E-state index contributed by atoms with van der Waals surface area (Å²) in [6.07, 6.45) is -0.778. The Morgan fingerprint density at radius 2 is 2.38 bits per heavy atom. The van der Waals surface area contributed by atoms with Crippen LogP contribution in [0.1, 0.15) is 6.92 Å². The quantitative estimate of drug-likeness (QED) is 0.497. The lowest BCUT2D eigenvalue weighted by Crippen LogP contribution is -2.25. The molecule has 48 valence electrons. The molecule has 0 heterocycles. The third-order valence-corrected chi connectivity index (χ3v) is 0.642. The minimum Gasteiger partial charge on any atom is -0.479 e. The fourth-order valence-electron chi connectivity index (χ4n) is 0.227. The SMILES string of the molecule is CNOC(C)C(=O)O. The largest absolute Gasteiger partial charge is 0.479 e. The summed E-state index contributed by atoms with van der Waals surface area (Å²) in [6.45, 7) is 1.44. The normalized spacial score (nSPS) is 13.2. The number of carboxylic acids is 1. The van der Waals surface area contributed by atoms with Gasteiger partial charge in [-0.3, -0.25) is 4.84 Å². The molecule has 1 atom stereocenters. The lowest BCUT2D eigenvalue weighted by atomic mass is 10.4. The lowest BCUT2D eigenvalue weighted by Gasteiger charge is -2.03. The first-order valence-corrected chi connectivity index (χ1v) is 2.23. The first-order chi connectivity index (χ1) is 3.68. The summed E-state index contributed by atoms with van der Waals surface area (Å²) in [6, 6.07) is 0. The first-order valence-electron chi connectivity index (χ1n) is 2.23. The Labute approximate surface area is 47.4 Å². The van der Waals surface area contributed by atoms with Gasteiger partial charge in [0.2, 0.25) is 0 Å². The molecule has 2 N–H and O–H groups in total. The molecule has 0 rings (SSSR count). The second-order valence-electron chi connectivity index (χ2n) is 1.30. The van der Waals surface area contributed by atoms with Crippen molar-refractivity contribution in [3.05, 3.63) is 0 Å². The highest BCUT2D eigenvalue weighted by Gasteiger charge is 2.08. The van der Waals surface area contributed by atoms with Crippen LogP contribution in [0.15, 0.2) is 0 Å². The highest BCUT2D eigenvalue weighted by Crippen LogP contribution is 1.83. The van der Waals surface area contributed by atoms with Crippen LogP contribution in [0.5, 0.6) is 0 Å². The third kappa shape index (κ3) is 2.54. The van der Waals surface area contributed by atoms with Crippen molar-refractivity contribution >= 4 is 5.97 Å². The second-order valence-corrected chi connectivity index (χ2v) is 1.30. The van der Waals surface area contributed by atoms with Crippen molar-refractivity contribution < 1.29 is 14.7 Å². The van der Waals surface area contributed by atoms with Crippen LogP contribution in [0.2, 0.25) is 0 Å². The van der Waals surface area contributed by atoms with Crippen molar-refractivity contribution in [3.63, 3.8) is 0 Å². The molecule has 0 spiro atoms. The number of hydrogen-bond acceptors (Lipinski definition) is 3. The maximum Gasteiger partial charge on any atom is 0.334 e. The molecule has 0 aromatic heterocycles. The van der Waals surface area contributed by atoms with Gasteiger partial charge in [0, 0.05) is 7.05 Å². The average molecular weight is 119 g/mol. The van der Waals surface area contributed by atoms with Crippen molar-refractivity contribution in [2.24, 2.45) is 0 Å².